The third-order valence-electron chi connectivity index (χ3n) is 4.25. The number of morpholine rings is 1. The third kappa shape index (κ3) is 3.69. The maximum absolute atomic E-state index is 12.3. The van der Waals surface area contributed by atoms with E-state index in [-0.39, 0.29) is 17.8 Å². The minimum Gasteiger partial charge on any atom is -0.508 e. The molecule has 1 unspecified atom stereocenters. The van der Waals surface area contributed by atoms with Crippen LogP contribution >= 0.6 is 0 Å². The average Bonchev–Trinajstić information content (AvgIpc) is 2.57. The van der Waals surface area contributed by atoms with Crippen molar-refractivity contribution in [2.24, 2.45) is 0 Å². The molecule has 0 saturated carbocycles. The lowest BCUT2D eigenvalue weighted by atomic mass is 10.2. The number of benzene rings is 1. The molecule has 2 aliphatic rings. The summed E-state index contributed by atoms with van der Waals surface area (Å²) in [7, 11) is 0. The molecule has 2 N–H and O–H groups in total. The SMILES string of the molecule is O=C(CC1CNCCO1)N1CCN(c2ccc(O)cc2)CC1. The number of hydrogen-bond acceptors (Lipinski definition) is 5. The molecule has 0 radical (unpaired) electrons. The van der Waals surface area contributed by atoms with Gasteiger partial charge in [0, 0.05) is 45.0 Å². The van der Waals surface area contributed by atoms with Crippen LogP contribution in [0.4, 0.5) is 5.69 Å². The van der Waals surface area contributed by atoms with Gasteiger partial charge < -0.3 is 25.0 Å². The number of piperazine rings is 1. The molecule has 6 heteroatoms. The molecule has 2 heterocycles. The van der Waals surface area contributed by atoms with Crippen molar-refractivity contribution >= 4 is 11.6 Å². The standard InChI is InChI=1S/C16H23N3O3/c20-14-3-1-13(2-4-14)18-6-8-19(9-7-18)16(21)11-15-12-17-5-10-22-15/h1-4,15,17,20H,5-12H2. The van der Waals surface area contributed by atoms with Crippen LogP contribution in [0.25, 0.3) is 0 Å². The van der Waals surface area contributed by atoms with Crippen LogP contribution in [0.1, 0.15) is 6.42 Å². The monoisotopic (exact) mass is 305 g/mol. The van der Waals surface area contributed by atoms with E-state index >= 15 is 0 Å². The Labute approximate surface area is 130 Å². The van der Waals surface area contributed by atoms with E-state index in [1.807, 2.05) is 17.0 Å². The molecule has 120 valence electrons. The number of aromatic hydroxyl groups is 1. The normalized spacial score (nSPS) is 22.6. The molecule has 22 heavy (non-hydrogen) atoms. The quantitative estimate of drug-likeness (QED) is 0.847. The van der Waals surface area contributed by atoms with Gasteiger partial charge in [-0.3, -0.25) is 4.79 Å². The molecule has 0 aromatic heterocycles. The molecule has 2 saturated heterocycles. The summed E-state index contributed by atoms with van der Waals surface area (Å²) in [6.45, 7) is 5.43. The molecule has 0 spiro atoms. The number of phenolic OH excluding ortho intramolecular Hbond substituents is 1. The van der Waals surface area contributed by atoms with Gasteiger partial charge in [-0.25, -0.2) is 0 Å². The highest BCUT2D eigenvalue weighted by atomic mass is 16.5. The van der Waals surface area contributed by atoms with Crippen LogP contribution in [0.2, 0.25) is 0 Å². The second-order valence-electron chi connectivity index (χ2n) is 5.79. The van der Waals surface area contributed by atoms with Gasteiger partial charge in [-0.2, -0.15) is 0 Å². The molecule has 1 aromatic carbocycles. The summed E-state index contributed by atoms with van der Waals surface area (Å²) in [5, 5.41) is 12.6. The van der Waals surface area contributed by atoms with E-state index in [9.17, 15) is 9.90 Å². The van der Waals surface area contributed by atoms with Crippen molar-refractivity contribution < 1.29 is 14.6 Å². The molecule has 1 amide bonds. The number of ether oxygens (including phenoxy) is 1. The first-order valence-electron chi connectivity index (χ1n) is 7.86. The summed E-state index contributed by atoms with van der Waals surface area (Å²) >= 11 is 0. The van der Waals surface area contributed by atoms with Gasteiger partial charge in [0.25, 0.3) is 0 Å². The van der Waals surface area contributed by atoms with Crippen molar-refractivity contribution in [2.45, 2.75) is 12.5 Å². The van der Waals surface area contributed by atoms with Gasteiger partial charge in [-0.15, -0.1) is 0 Å². The van der Waals surface area contributed by atoms with Gasteiger partial charge in [-0.05, 0) is 24.3 Å². The fraction of sp³-hybridized carbons (Fsp3) is 0.562. The Morgan fingerprint density at radius 3 is 2.59 bits per heavy atom. The number of nitrogens with one attached hydrogen (secondary N) is 1. The Morgan fingerprint density at radius 1 is 1.23 bits per heavy atom. The van der Waals surface area contributed by atoms with E-state index in [1.54, 1.807) is 12.1 Å². The van der Waals surface area contributed by atoms with Crippen LogP contribution in [0.3, 0.4) is 0 Å². The predicted molar refractivity (Wildman–Crippen MR) is 84.1 cm³/mol. The van der Waals surface area contributed by atoms with Gasteiger partial charge in [0.2, 0.25) is 5.91 Å². The minimum absolute atomic E-state index is 0.0105. The van der Waals surface area contributed by atoms with Gasteiger partial charge in [0.05, 0.1) is 19.1 Å². The number of nitrogens with zero attached hydrogens (tertiary/aromatic N) is 2. The largest absolute Gasteiger partial charge is 0.508 e. The topological polar surface area (TPSA) is 65.0 Å². The van der Waals surface area contributed by atoms with Gasteiger partial charge in [0.15, 0.2) is 0 Å². The predicted octanol–water partition coefficient (Wildman–Crippen LogP) is 0.419. The lowest BCUT2D eigenvalue weighted by Gasteiger charge is -2.37. The first-order valence-corrected chi connectivity index (χ1v) is 7.86. The Kier molecular flexibility index (Phi) is 4.80. The molecule has 3 rings (SSSR count). The van der Waals surface area contributed by atoms with E-state index in [2.05, 4.69) is 10.2 Å². The lowest BCUT2D eigenvalue weighted by Crippen LogP contribution is -2.50. The van der Waals surface area contributed by atoms with Crippen LogP contribution in [-0.2, 0) is 9.53 Å². The Hall–Kier alpha value is -1.79. The van der Waals surface area contributed by atoms with E-state index in [0.29, 0.717) is 13.0 Å². The molecule has 2 aliphatic heterocycles. The summed E-state index contributed by atoms with van der Waals surface area (Å²) < 4.78 is 5.60. The Balaban J connectivity index is 1.48. The zero-order chi connectivity index (χ0) is 15.4. The van der Waals surface area contributed by atoms with Crippen molar-refractivity contribution in [1.82, 2.24) is 10.2 Å². The van der Waals surface area contributed by atoms with Gasteiger partial charge in [-0.1, -0.05) is 0 Å². The van der Waals surface area contributed by atoms with Crippen LogP contribution in [0.5, 0.6) is 5.75 Å². The van der Waals surface area contributed by atoms with Crippen molar-refractivity contribution in [2.75, 3.05) is 50.8 Å². The average molecular weight is 305 g/mol. The van der Waals surface area contributed by atoms with E-state index < -0.39 is 0 Å². The van der Waals surface area contributed by atoms with Crippen LogP contribution in [0, 0.1) is 0 Å². The maximum atomic E-state index is 12.3. The summed E-state index contributed by atoms with van der Waals surface area (Å²) in [5.41, 5.74) is 1.09. The number of hydrogen-bond donors (Lipinski definition) is 2. The number of carbonyl (C=O) groups is 1. The number of rotatable bonds is 3. The van der Waals surface area contributed by atoms with Crippen LogP contribution in [0.15, 0.2) is 24.3 Å². The Bertz CT molecular complexity index is 492. The molecular formula is C16H23N3O3. The zero-order valence-electron chi connectivity index (χ0n) is 12.7. The van der Waals surface area contributed by atoms with Crippen LogP contribution < -0.4 is 10.2 Å². The van der Waals surface area contributed by atoms with Crippen LogP contribution in [-0.4, -0.2) is 67.9 Å². The highest BCUT2D eigenvalue weighted by Crippen LogP contribution is 2.20. The Morgan fingerprint density at radius 2 is 1.95 bits per heavy atom. The molecule has 0 aliphatic carbocycles. The van der Waals surface area contributed by atoms with Crippen molar-refractivity contribution in [1.29, 1.82) is 0 Å². The smallest absolute Gasteiger partial charge is 0.225 e. The molecule has 1 atom stereocenters. The summed E-state index contributed by atoms with van der Waals surface area (Å²) in [5.74, 6) is 0.456. The zero-order valence-corrected chi connectivity index (χ0v) is 12.7. The van der Waals surface area contributed by atoms with Crippen molar-refractivity contribution in [3.8, 4) is 5.75 Å². The van der Waals surface area contributed by atoms with E-state index in [1.165, 1.54) is 0 Å². The van der Waals surface area contributed by atoms with Gasteiger partial charge >= 0.3 is 0 Å². The first-order chi connectivity index (χ1) is 10.7. The molecule has 6 nitrogen and oxygen atoms in total. The first kappa shape index (κ1) is 15.1. The van der Waals surface area contributed by atoms with Crippen molar-refractivity contribution in [3.05, 3.63) is 24.3 Å². The molecular weight excluding hydrogens is 282 g/mol. The highest BCUT2D eigenvalue weighted by Gasteiger charge is 2.24. The molecule has 2 fully saturated rings. The number of amides is 1. The summed E-state index contributed by atoms with van der Waals surface area (Å²) in [6, 6.07) is 7.21. The minimum atomic E-state index is 0.0105. The van der Waals surface area contributed by atoms with Crippen molar-refractivity contribution in [3.63, 3.8) is 0 Å². The number of anilines is 1. The van der Waals surface area contributed by atoms with Gasteiger partial charge in [0.1, 0.15) is 5.75 Å². The lowest BCUT2D eigenvalue weighted by molar-refractivity contribution is -0.135. The number of carbonyl (C=O) groups excluding carboxylic acids is 1. The third-order valence-corrected chi connectivity index (χ3v) is 4.25. The second kappa shape index (κ2) is 6.98. The second-order valence-corrected chi connectivity index (χ2v) is 5.79. The summed E-state index contributed by atoms with van der Waals surface area (Å²) in [6.07, 6.45) is 0.475. The van der Waals surface area contributed by atoms with E-state index in [4.69, 9.17) is 4.74 Å². The molecule has 0 bridgehead atoms. The fourth-order valence-corrected chi connectivity index (χ4v) is 2.95. The summed E-state index contributed by atoms with van der Waals surface area (Å²) in [4.78, 5) is 16.5. The maximum Gasteiger partial charge on any atom is 0.225 e. The van der Waals surface area contributed by atoms with E-state index in [0.717, 1.165) is 45.0 Å². The highest BCUT2D eigenvalue weighted by molar-refractivity contribution is 5.77. The fourth-order valence-electron chi connectivity index (χ4n) is 2.95. The molecule has 1 aromatic rings. The number of phenols is 1.